The zero-order valence-electron chi connectivity index (χ0n) is 18.6. The molecular formula is C23H34N2O5S. The van der Waals surface area contributed by atoms with E-state index in [-0.39, 0.29) is 11.7 Å². The van der Waals surface area contributed by atoms with Crippen molar-refractivity contribution in [3.8, 4) is 5.75 Å². The van der Waals surface area contributed by atoms with Gasteiger partial charge in [-0.25, -0.2) is 13.2 Å². The lowest BCUT2D eigenvalue weighted by atomic mass is 9.92. The highest BCUT2D eigenvalue weighted by molar-refractivity contribution is 7.88. The Kier molecular flexibility index (Phi) is 6.49. The third-order valence-corrected chi connectivity index (χ3v) is 8.06. The molecule has 0 atom stereocenters. The van der Waals surface area contributed by atoms with Gasteiger partial charge in [0.05, 0.1) is 12.9 Å². The minimum atomic E-state index is -3.15. The first kappa shape index (κ1) is 22.4. The van der Waals surface area contributed by atoms with Gasteiger partial charge in [0.25, 0.3) is 0 Å². The number of fused-ring (bicyclic) bond motifs is 1. The van der Waals surface area contributed by atoms with Crippen molar-refractivity contribution in [2.75, 3.05) is 32.5 Å². The minimum Gasteiger partial charge on any atom is -0.494 e. The van der Waals surface area contributed by atoms with E-state index < -0.39 is 10.0 Å². The number of carbonyl (C=O) groups excluding carboxylic acids is 1. The highest BCUT2D eigenvalue weighted by Gasteiger charge is 2.43. The third kappa shape index (κ3) is 5.92. The molecule has 1 aromatic rings. The van der Waals surface area contributed by atoms with Crippen LogP contribution < -0.4 is 4.74 Å². The number of sulfonamides is 1. The molecule has 3 aliphatic rings. The molecule has 0 aromatic heterocycles. The van der Waals surface area contributed by atoms with E-state index in [1.165, 1.54) is 16.1 Å². The fraction of sp³-hybridized carbons (Fsp3) is 0.696. The summed E-state index contributed by atoms with van der Waals surface area (Å²) < 4.78 is 36.6. The molecule has 0 radical (unpaired) electrons. The maximum Gasteiger partial charge on any atom is 0.410 e. The van der Waals surface area contributed by atoms with Gasteiger partial charge in [-0.15, -0.1) is 0 Å². The predicted octanol–water partition coefficient (Wildman–Crippen LogP) is 3.56. The number of piperidine rings is 1. The second-order valence-electron chi connectivity index (χ2n) is 9.52. The maximum atomic E-state index is 12.2. The van der Waals surface area contributed by atoms with Gasteiger partial charge in [-0.2, -0.15) is 4.31 Å². The molecule has 31 heavy (non-hydrogen) atoms. The van der Waals surface area contributed by atoms with Crippen LogP contribution >= 0.6 is 0 Å². The normalized spacial score (nSPS) is 21.4. The number of benzene rings is 1. The summed E-state index contributed by atoms with van der Waals surface area (Å²) >= 11 is 0. The van der Waals surface area contributed by atoms with Gasteiger partial charge in [-0.3, -0.25) is 0 Å². The first-order valence-electron chi connectivity index (χ1n) is 11.4. The van der Waals surface area contributed by atoms with Crippen molar-refractivity contribution in [1.82, 2.24) is 9.21 Å². The number of hydrogen-bond donors (Lipinski definition) is 0. The molecule has 0 spiro atoms. The average Bonchev–Trinajstić information content (AvgIpc) is 3.47. The number of rotatable bonds is 7. The molecule has 1 saturated heterocycles. The van der Waals surface area contributed by atoms with Crippen LogP contribution in [0.15, 0.2) is 18.2 Å². The Bertz CT molecular complexity index is 905. The van der Waals surface area contributed by atoms with E-state index >= 15 is 0 Å². The Morgan fingerprint density at radius 3 is 2.58 bits per heavy atom. The Labute approximate surface area is 185 Å². The second-order valence-corrected chi connectivity index (χ2v) is 11.5. The summed E-state index contributed by atoms with van der Waals surface area (Å²) in [5, 5.41) is 0. The van der Waals surface area contributed by atoms with Crippen LogP contribution in [0.1, 0.15) is 56.6 Å². The van der Waals surface area contributed by atoms with Crippen molar-refractivity contribution in [3.63, 3.8) is 0 Å². The van der Waals surface area contributed by atoms with Gasteiger partial charge in [-0.05, 0) is 81.0 Å². The van der Waals surface area contributed by atoms with E-state index in [0.29, 0.717) is 25.6 Å². The van der Waals surface area contributed by atoms with Crippen LogP contribution in [0.5, 0.6) is 5.75 Å². The Balaban J connectivity index is 1.15. The molecule has 8 heteroatoms. The van der Waals surface area contributed by atoms with E-state index in [4.69, 9.17) is 9.47 Å². The van der Waals surface area contributed by atoms with E-state index in [1.807, 2.05) is 24.0 Å². The number of hydrogen-bond acceptors (Lipinski definition) is 5. The SMILES string of the molecule is CC1(OC(=O)N2CCC(CCCOc3ccc4c(c3)CCN(S(C)(=O)=O)C4)CC2)CC1. The number of amides is 1. The minimum absolute atomic E-state index is 0.145. The summed E-state index contributed by atoms with van der Waals surface area (Å²) in [6.45, 7) is 5.23. The molecule has 0 bridgehead atoms. The lowest BCUT2D eigenvalue weighted by Crippen LogP contribution is -2.40. The molecule has 1 aliphatic carbocycles. The fourth-order valence-corrected chi connectivity index (χ4v) is 5.19. The summed E-state index contributed by atoms with van der Waals surface area (Å²) in [5.41, 5.74) is 2.04. The van der Waals surface area contributed by atoms with Gasteiger partial charge < -0.3 is 14.4 Å². The Hall–Kier alpha value is -1.80. The predicted molar refractivity (Wildman–Crippen MR) is 119 cm³/mol. The van der Waals surface area contributed by atoms with Gasteiger partial charge in [0, 0.05) is 26.2 Å². The van der Waals surface area contributed by atoms with Crippen molar-refractivity contribution in [2.24, 2.45) is 5.92 Å². The van der Waals surface area contributed by atoms with E-state index in [2.05, 4.69) is 6.07 Å². The Morgan fingerprint density at radius 1 is 1.16 bits per heavy atom. The van der Waals surface area contributed by atoms with Crippen molar-refractivity contribution in [1.29, 1.82) is 0 Å². The summed E-state index contributed by atoms with van der Waals surface area (Å²) in [6, 6.07) is 5.98. The van der Waals surface area contributed by atoms with Crippen LogP contribution in [-0.4, -0.2) is 61.8 Å². The fourth-order valence-electron chi connectivity index (χ4n) is 4.40. The standard InChI is InChI=1S/C23H34N2O5S/c1-23(10-11-23)30-22(26)24-12-7-18(8-13-24)4-3-15-29-21-6-5-20-17-25(31(2,27)28)14-9-19(20)16-21/h5-6,16,18H,3-4,7-15,17H2,1-2H3. The number of nitrogens with zero attached hydrogens (tertiary/aromatic N) is 2. The van der Waals surface area contributed by atoms with Crippen LogP contribution in [0, 0.1) is 5.92 Å². The average molecular weight is 451 g/mol. The largest absolute Gasteiger partial charge is 0.494 e. The highest BCUT2D eigenvalue weighted by Crippen LogP contribution is 2.39. The lowest BCUT2D eigenvalue weighted by molar-refractivity contribution is 0.0482. The lowest BCUT2D eigenvalue weighted by Gasteiger charge is -2.32. The van der Waals surface area contributed by atoms with Crippen LogP contribution in [0.25, 0.3) is 0 Å². The molecule has 1 saturated carbocycles. The molecule has 2 aliphatic heterocycles. The van der Waals surface area contributed by atoms with E-state index in [0.717, 1.165) is 69.3 Å². The topological polar surface area (TPSA) is 76.2 Å². The second kappa shape index (κ2) is 8.98. The van der Waals surface area contributed by atoms with Gasteiger partial charge in [0.2, 0.25) is 10.0 Å². The summed E-state index contributed by atoms with van der Waals surface area (Å²) in [6.07, 6.45) is 7.97. The molecule has 2 fully saturated rings. The molecule has 1 aromatic carbocycles. The first-order chi connectivity index (χ1) is 14.7. The highest BCUT2D eigenvalue weighted by atomic mass is 32.2. The van der Waals surface area contributed by atoms with Gasteiger partial charge in [0.15, 0.2) is 0 Å². The summed E-state index contributed by atoms with van der Waals surface area (Å²) in [5.74, 6) is 1.49. The number of ether oxygens (including phenoxy) is 2. The smallest absolute Gasteiger partial charge is 0.410 e. The van der Waals surface area contributed by atoms with Gasteiger partial charge in [-0.1, -0.05) is 6.07 Å². The van der Waals surface area contributed by atoms with Crippen LogP contribution in [-0.2, 0) is 27.7 Å². The number of likely N-dealkylation sites (tertiary alicyclic amines) is 1. The van der Waals surface area contributed by atoms with Crippen molar-refractivity contribution in [3.05, 3.63) is 29.3 Å². The van der Waals surface area contributed by atoms with Crippen molar-refractivity contribution < 1.29 is 22.7 Å². The zero-order chi connectivity index (χ0) is 22.1. The van der Waals surface area contributed by atoms with Crippen molar-refractivity contribution in [2.45, 2.75) is 64.0 Å². The molecular weight excluding hydrogens is 416 g/mol. The van der Waals surface area contributed by atoms with Crippen molar-refractivity contribution >= 4 is 16.1 Å². The summed E-state index contributed by atoms with van der Waals surface area (Å²) in [7, 11) is -3.15. The van der Waals surface area contributed by atoms with Gasteiger partial charge in [0.1, 0.15) is 11.4 Å². The molecule has 172 valence electrons. The van der Waals surface area contributed by atoms with E-state index in [9.17, 15) is 13.2 Å². The molecule has 2 heterocycles. The molecule has 1 amide bonds. The monoisotopic (exact) mass is 450 g/mol. The Morgan fingerprint density at radius 2 is 1.90 bits per heavy atom. The zero-order valence-corrected chi connectivity index (χ0v) is 19.5. The van der Waals surface area contributed by atoms with Gasteiger partial charge >= 0.3 is 6.09 Å². The van der Waals surface area contributed by atoms with Crippen LogP contribution in [0.4, 0.5) is 4.79 Å². The van der Waals surface area contributed by atoms with Crippen LogP contribution in [0.3, 0.4) is 0 Å². The van der Waals surface area contributed by atoms with E-state index in [1.54, 1.807) is 0 Å². The summed E-state index contributed by atoms with van der Waals surface area (Å²) in [4.78, 5) is 14.1. The molecule has 0 unspecified atom stereocenters. The number of carbonyl (C=O) groups is 1. The van der Waals surface area contributed by atoms with Crippen LogP contribution in [0.2, 0.25) is 0 Å². The molecule has 4 rings (SSSR count). The third-order valence-electron chi connectivity index (χ3n) is 6.81. The quantitative estimate of drug-likeness (QED) is 0.594. The first-order valence-corrected chi connectivity index (χ1v) is 13.2. The molecule has 7 nitrogen and oxygen atoms in total. The molecule has 0 N–H and O–H groups in total. The maximum absolute atomic E-state index is 12.2.